The first kappa shape index (κ1) is 21.1. The number of hydrogen-bond acceptors (Lipinski definition) is 4. The van der Waals surface area contributed by atoms with E-state index >= 15 is 0 Å². The van der Waals surface area contributed by atoms with Crippen LogP contribution in [0.4, 0.5) is 5.69 Å². The first-order valence-corrected chi connectivity index (χ1v) is 10.9. The van der Waals surface area contributed by atoms with Gasteiger partial charge in [0.2, 0.25) is 0 Å². The molecule has 2 heterocycles. The first-order chi connectivity index (χ1) is 14.9. The van der Waals surface area contributed by atoms with Crippen molar-refractivity contribution in [2.24, 2.45) is 5.92 Å². The maximum Gasteiger partial charge on any atom is 0.258 e. The summed E-state index contributed by atoms with van der Waals surface area (Å²) in [6, 6.07) is 17.4. The van der Waals surface area contributed by atoms with E-state index < -0.39 is 0 Å². The van der Waals surface area contributed by atoms with Crippen LogP contribution in [0.25, 0.3) is 5.69 Å². The Morgan fingerprint density at radius 1 is 1.10 bits per heavy atom. The summed E-state index contributed by atoms with van der Waals surface area (Å²) >= 11 is 6.64. The number of anilines is 1. The lowest BCUT2D eigenvalue weighted by molar-refractivity contribution is 0.404. The molecule has 6 heteroatoms. The lowest BCUT2D eigenvalue weighted by Gasteiger charge is -2.34. The second-order valence-electron chi connectivity index (χ2n) is 8.20. The molecule has 0 unspecified atom stereocenters. The van der Waals surface area contributed by atoms with Gasteiger partial charge in [-0.05, 0) is 74.9 Å². The van der Waals surface area contributed by atoms with Gasteiger partial charge in [-0.15, -0.1) is 0 Å². The normalized spacial score (nSPS) is 14.5. The van der Waals surface area contributed by atoms with E-state index in [1.54, 1.807) is 4.57 Å². The van der Waals surface area contributed by atoms with E-state index in [0.717, 1.165) is 43.7 Å². The molecule has 0 atom stereocenters. The third-order valence-electron chi connectivity index (χ3n) is 5.97. The number of piperidine rings is 1. The van der Waals surface area contributed by atoms with Crippen LogP contribution in [0.15, 0.2) is 53.3 Å². The smallest absolute Gasteiger partial charge is 0.258 e. The van der Waals surface area contributed by atoms with Gasteiger partial charge in [0.1, 0.15) is 5.82 Å². The highest BCUT2D eigenvalue weighted by Gasteiger charge is 2.21. The highest BCUT2D eigenvalue weighted by atomic mass is 35.5. The van der Waals surface area contributed by atoms with Gasteiger partial charge in [0.25, 0.3) is 5.56 Å². The second-order valence-corrected chi connectivity index (χ2v) is 8.60. The van der Waals surface area contributed by atoms with Crippen LogP contribution in [0, 0.1) is 31.1 Å². The van der Waals surface area contributed by atoms with Crippen LogP contribution in [-0.4, -0.2) is 22.6 Å². The van der Waals surface area contributed by atoms with Crippen LogP contribution in [0.3, 0.4) is 0 Å². The number of rotatable bonds is 4. The predicted octanol–water partition coefficient (Wildman–Crippen LogP) is 4.83. The molecule has 4 rings (SSSR count). The molecular formula is C25H25ClN4O. The Balaban J connectivity index is 1.44. The average molecular weight is 433 g/mol. The largest absolute Gasteiger partial charge is 0.370 e. The number of aryl methyl sites for hydroxylation is 2. The van der Waals surface area contributed by atoms with Gasteiger partial charge in [0.15, 0.2) is 0 Å². The van der Waals surface area contributed by atoms with Gasteiger partial charge in [-0.2, -0.15) is 5.26 Å². The molecule has 0 radical (unpaired) electrons. The Kier molecular flexibility index (Phi) is 6.11. The molecule has 0 aliphatic carbocycles. The highest BCUT2D eigenvalue weighted by molar-refractivity contribution is 6.33. The summed E-state index contributed by atoms with van der Waals surface area (Å²) in [5.74, 6) is 1.28. The second kappa shape index (κ2) is 8.95. The first-order valence-electron chi connectivity index (χ1n) is 10.6. The van der Waals surface area contributed by atoms with Gasteiger partial charge in [0, 0.05) is 24.8 Å². The van der Waals surface area contributed by atoms with Gasteiger partial charge in [-0.3, -0.25) is 9.36 Å². The molecule has 1 aliphatic rings. The maximum atomic E-state index is 12.4. The van der Waals surface area contributed by atoms with Crippen LogP contribution in [-0.2, 0) is 6.42 Å². The fourth-order valence-corrected chi connectivity index (χ4v) is 4.67. The number of aromatic nitrogens is 2. The summed E-state index contributed by atoms with van der Waals surface area (Å²) in [5.41, 5.74) is 4.35. The molecule has 0 N–H and O–H groups in total. The quantitative estimate of drug-likeness (QED) is 0.592. The zero-order valence-electron chi connectivity index (χ0n) is 17.8. The van der Waals surface area contributed by atoms with Gasteiger partial charge < -0.3 is 4.90 Å². The van der Waals surface area contributed by atoms with E-state index in [1.807, 2.05) is 44.2 Å². The third-order valence-corrected chi connectivity index (χ3v) is 6.27. The topological polar surface area (TPSA) is 61.9 Å². The Hall–Kier alpha value is -3.10. The monoisotopic (exact) mass is 432 g/mol. The minimum absolute atomic E-state index is 0.0996. The summed E-state index contributed by atoms with van der Waals surface area (Å²) in [7, 11) is 0. The Labute approximate surface area is 187 Å². The maximum absolute atomic E-state index is 12.4. The summed E-state index contributed by atoms with van der Waals surface area (Å²) < 4.78 is 1.59. The molecule has 3 aromatic rings. The number of benzene rings is 2. The lowest BCUT2D eigenvalue weighted by Crippen LogP contribution is -2.34. The van der Waals surface area contributed by atoms with Crippen molar-refractivity contribution in [2.45, 2.75) is 33.1 Å². The third kappa shape index (κ3) is 4.65. The van der Waals surface area contributed by atoms with E-state index in [-0.39, 0.29) is 5.56 Å². The molecule has 0 bridgehead atoms. The van der Waals surface area contributed by atoms with Crippen molar-refractivity contribution in [1.82, 2.24) is 9.55 Å². The van der Waals surface area contributed by atoms with Crippen LogP contribution < -0.4 is 10.5 Å². The van der Waals surface area contributed by atoms with E-state index in [2.05, 4.69) is 28.1 Å². The van der Waals surface area contributed by atoms with Gasteiger partial charge in [-0.25, -0.2) is 4.98 Å². The van der Waals surface area contributed by atoms with Crippen molar-refractivity contribution in [3.8, 4) is 11.8 Å². The molecule has 5 nitrogen and oxygen atoms in total. The zero-order valence-corrected chi connectivity index (χ0v) is 18.6. The zero-order chi connectivity index (χ0) is 22.0. The van der Waals surface area contributed by atoms with E-state index in [0.29, 0.717) is 28.0 Å². The minimum atomic E-state index is -0.0996. The Morgan fingerprint density at radius 2 is 1.81 bits per heavy atom. The highest BCUT2D eigenvalue weighted by Crippen LogP contribution is 2.32. The fourth-order valence-electron chi connectivity index (χ4n) is 4.37. The van der Waals surface area contributed by atoms with Crippen molar-refractivity contribution >= 4 is 17.3 Å². The summed E-state index contributed by atoms with van der Waals surface area (Å²) in [5, 5.41) is 9.59. The van der Waals surface area contributed by atoms with Crippen LogP contribution in [0.1, 0.15) is 35.5 Å². The van der Waals surface area contributed by atoms with Crippen molar-refractivity contribution < 1.29 is 0 Å². The molecule has 1 aromatic heterocycles. The van der Waals surface area contributed by atoms with Gasteiger partial charge in [-0.1, -0.05) is 23.7 Å². The summed E-state index contributed by atoms with van der Waals surface area (Å²) in [6.07, 6.45) is 3.23. The molecule has 0 saturated carbocycles. The van der Waals surface area contributed by atoms with Crippen LogP contribution >= 0.6 is 11.6 Å². The fraction of sp³-hybridized carbons (Fsp3) is 0.320. The summed E-state index contributed by atoms with van der Waals surface area (Å²) in [4.78, 5) is 19.2. The average Bonchev–Trinajstić information content (AvgIpc) is 2.74. The summed E-state index contributed by atoms with van der Waals surface area (Å²) in [6.45, 7) is 5.55. The Morgan fingerprint density at radius 3 is 2.42 bits per heavy atom. The SMILES string of the molecule is Cc1cc(=O)n(-c2ccc(N3CCC(Cc4ccc(C#N)cc4)CC3)c(Cl)c2)c(C)n1. The molecule has 2 aromatic carbocycles. The molecule has 0 amide bonds. The van der Waals surface area contributed by atoms with Gasteiger partial charge in [0.05, 0.1) is 28.0 Å². The van der Waals surface area contributed by atoms with Crippen molar-refractivity contribution in [3.63, 3.8) is 0 Å². The van der Waals surface area contributed by atoms with E-state index in [9.17, 15) is 4.79 Å². The molecule has 31 heavy (non-hydrogen) atoms. The lowest BCUT2D eigenvalue weighted by atomic mass is 9.89. The number of nitriles is 1. The molecule has 1 saturated heterocycles. The van der Waals surface area contributed by atoms with Crippen LogP contribution in [0.5, 0.6) is 0 Å². The van der Waals surface area contributed by atoms with E-state index in [4.69, 9.17) is 16.9 Å². The molecule has 1 fully saturated rings. The standard InChI is InChI=1S/C25H25ClN4O/c1-17-13-25(31)30(18(2)28-17)22-7-8-24(23(26)15-22)29-11-9-20(10-12-29)14-19-3-5-21(16-27)6-4-19/h3-8,13,15,20H,9-12,14H2,1-2H3. The molecule has 158 valence electrons. The number of nitrogens with zero attached hydrogens (tertiary/aromatic N) is 4. The molecule has 1 aliphatic heterocycles. The predicted molar refractivity (Wildman–Crippen MR) is 124 cm³/mol. The number of hydrogen-bond donors (Lipinski definition) is 0. The molecule has 0 spiro atoms. The van der Waals surface area contributed by atoms with Crippen molar-refractivity contribution in [3.05, 3.63) is 86.6 Å². The minimum Gasteiger partial charge on any atom is -0.370 e. The van der Waals surface area contributed by atoms with Crippen molar-refractivity contribution in [1.29, 1.82) is 5.26 Å². The van der Waals surface area contributed by atoms with E-state index in [1.165, 1.54) is 11.6 Å². The van der Waals surface area contributed by atoms with Crippen molar-refractivity contribution in [2.75, 3.05) is 18.0 Å². The van der Waals surface area contributed by atoms with Crippen LogP contribution in [0.2, 0.25) is 5.02 Å². The Bertz CT molecular complexity index is 1190. The number of halogens is 1. The van der Waals surface area contributed by atoms with Gasteiger partial charge >= 0.3 is 0 Å². The molecular weight excluding hydrogens is 408 g/mol.